The van der Waals surface area contributed by atoms with Crippen molar-refractivity contribution < 1.29 is 8.42 Å². The predicted octanol–water partition coefficient (Wildman–Crippen LogP) is 0.988. The van der Waals surface area contributed by atoms with Crippen LogP contribution in [0, 0.1) is 0 Å². The van der Waals surface area contributed by atoms with Gasteiger partial charge in [0.15, 0.2) is 0 Å². The maximum atomic E-state index is 10.9. The molecule has 5 nitrogen and oxygen atoms in total. The van der Waals surface area contributed by atoms with Gasteiger partial charge in [-0.15, -0.1) is 0 Å². The second kappa shape index (κ2) is 6.16. The number of nitrogens with zero attached hydrogens (tertiary/aromatic N) is 2. The van der Waals surface area contributed by atoms with Crippen LogP contribution in [0.15, 0.2) is 12.4 Å². The molecule has 0 saturated carbocycles. The summed E-state index contributed by atoms with van der Waals surface area (Å²) in [6, 6.07) is 0.204. The van der Waals surface area contributed by atoms with Crippen LogP contribution in [-0.4, -0.2) is 36.8 Å². The molecular formula is C11H21N3O2S. The van der Waals surface area contributed by atoms with E-state index in [1.54, 1.807) is 0 Å². The van der Waals surface area contributed by atoms with Crippen LogP contribution in [0.2, 0.25) is 0 Å². The van der Waals surface area contributed by atoms with Crippen molar-refractivity contribution in [2.24, 2.45) is 0 Å². The molecule has 1 N–H and O–H groups in total. The summed E-state index contributed by atoms with van der Waals surface area (Å²) in [5.41, 5.74) is 1.13. The lowest BCUT2D eigenvalue weighted by Crippen LogP contribution is -2.21. The van der Waals surface area contributed by atoms with Gasteiger partial charge in [-0.1, -0.05) is 0 Å². The van der Waals surface area contributed by atoms with E-state index in [0.717, 1.165) is 12.1 Å². The summed E-state index contributed by atoms with van der Waals surface area (Å²) < 4.78 is 23.8. The number of nitrogens with one attached hydrogen (secondary N) is 1. The van der Waals surface area contributed by atoms with Crippen molar-refractivity contribution in [1.29, 1.82) is 0 Å². The molecule has 1 aromatic heterocycles. The van der Waals surface area contributed by atoms with Gasteiger partial charge in [0.25, 0.3) is 0 Å². The number of aryl methyl sites for hydroxylation is 1. The van der Waals surface area contributed by atoms with E-state index < -0.39 is 9.84 Å². The summed E-state index contributed by atoms with van der Waals surface area (Å²) in [5, 5.41) is 7.50. The van der Waals surface area contributed by atoms with Gasteiger partial charge in [-0.25, -0.2) is 8.42 Å². The Balaban J connectivity index is 2.32. The van der Waals surface area contributed by atoms with Crippen LogP contribution in [-0.2, 0) is 16.4 Å². The third-order valence-corrected chi connectivity index (χ3v) is 3.65. The topological polar surface area (TPSA) is 64.0 Å². The Hall–Kier alpha value is -0.880. The van der Waals surface area contributed by atoms with Gasteiger partial charge in [-0.3, -0.25) is 4.68 Å². The van der Waals surface area contributed by atoms with E-state index in [1.165, 1.54) is 6.26 Å². The Bertz CT molecular complexity index is 439. The smallest absolute Gasteiger partial charge is 0.147 e. The Morgan fingerprint density at radius 1 is 1.53 bits per heavy atom. The molecule has 1 rings (SSSR count). The Labute approximate surface area is 103 Å². The zero-order valence-corrected chi connectivity index (χ0v) is 11.5. The van der Waals surface area contributed by atoms with E-state index in [2.05, 4.69) is 17.3 Å². The highest BCUT2D eigenvalue weighted by atomic mass is 32.2. The van der Waals surface area contributed by atoms with Crippen molar-refractivity contribution in [2.45, 2.75) is 32.9 Å². The molecule has 98 valence electrons. The number of hydrogen-bond donors (Lipinski definition) is 1. The molecule has 0 bridgehead atoms. The maximum Gasteiger partial charge on any atom is 0.147 e. The fourth-order valence-electron chi connectivity index (χ4n) is 1.55. The molecule has 6 heteroatoms. The molecule has 0 saturated heterocycles. The number of aromatic nitrogens is 2. The molecule has 0 radical (unpaired) electrons. The first-order chi connectivity index (χ1) is 7.92. The number of rotatable bonds is 7. The van der Waals surface area contributed by atoms with Gasteiger partial charge in [-0.2, -0.15) is 5.10 Å². The average Bonchev–Trinajstić information content (AvgIpc) is 2.71. The lowest BCUT2D eigenvalue weighted by Gasteiger charge is -2.11. The molecule has 17 heavy (non-hydrogen) atoms. The van der Waals surface area contributed by atoms with Crippen LogP contribution in [0.4, 0.5) is 0 Å². The molecule has 0 aliphatic heterocycles. The fraction of sp³-hybridized carbons (Fsp3) is 0.727. The van der Waals surface area contributed by atoms with Crippen LogP contribution in [0.25, 0.3) is 0 Å². The summed E-state index contributed by atoms with van der Waals surface area (Å²) >= 11 is 0. The van der Waals surface area contributed by atoms with Crippen LogP contribution >= 0.6 is 0 Å². The quantitative estimate of drug-likeness (QED) is 0.742. The lowest BCUT2D eigenvalue weighted by molar-refractivity contribution is 0.561. The molecule has 1 atom stereocenters. The van der Waals surface area contributed by atoms with Gasteiger partial charge in [0.1, 0.15) is 9.84 Å². The summed E-state index contributed by atoms with van der Waals surface area (Å²) in [7, 11) is -2.84. The van der Waals surface area contributed by atoms with Gasteiger partial charge in [0.2, 0.25) is 0 Å². The largest absolute Gasteiger partial charge is 0.310 e. The zero-order chi connectivity index (χ0) is 12.9. The van der Waals surface area contributed by atoms with E-state index in [0.29, 0.717) is 13.0 Å². The highest BCUT2D eigenvalue weighted by molar-refractivity contribution is 7.90. The minimum absolute atomic E-state index is 0.204. The third-order valence-electron chi connectivity index (χ3n) is 2.62. The van der Waals surface area contributed by atoms with Crippen LogP contribution in [0.3, 0.4) is 0 Å². The third kappa shape index (κ3) is 5.32. The molecular weight excluding hydrogens is 238 g/mol. The van der Waals surface area contributed by atoms with Crippen molar-refractivity contribution in [1.82, 2.24) is 15.1 Å². The van der Waals surface area contributed by atoms with E-state index in [9.17, 15) is 8.42 Å². The second-order valence-electron chi connectivity index (χ2n) is 4.29. The standard InChI is InChI=1S/C11H21N3O2S/c1-4-14-9-11(8-13-14)10(2)12-6-5-7-17(3,15)16/h8-10,12H,4-7H2,1-3H3. The minimum atomic E-state index is -2.84. The minimum Gasteiger partial charge on any atom is -0.310 e. The molecule has 0 aromatic carbocycles. The summed E-state index contributed by atoms with van der Waals surface area (Å²) in [6.07, 6.45) is 5.76. The van der Waals surface area contributed by atoms with Crippen LogP contribution < -0.4 is 5.32 Å². The molecule has 0 fully saturated rings. The van der Waals surface area contributed by atoms with Crippen molar-refractivity contribution in [3.05, 3.63) is 18.0 Å². The number of sulfone groups is 1. The SMILES string of the molecule is CCn1cc(C(C)NCCCS(C)(=O)=O)cn1. The maximum absolute atomic E-state index is 10.9. The predicted molar refractivity (Wildman–Crippen MR) is 68.6 cm³/mol. The molecule has 1 unspecified atom stereocenters. The lowest BCUT2D eigenvalue weighted by atomic mass is 10.2. The Kier molecular flexibility index (Phi) is 5.14. The fourth-order valence-corrected chi connectivity index (χ4v) is 2.22. The molecule has 0 amide bonds. The van der Waals surface area contributed by atoms with Gasteiger partial charge >= 0.3 is 0 Å². The second-order valence-corrected chi connectivity index (χ2v) is 6.55. The van der Waals surface area contributed by atoms with Gasteiger partial charge < -0.3 is 5.32 Å². The first-order valence-electron chi connectivity index (χ1n) is 5.86. The van der Waals surface area contributed by atoms with E-state index >= 15 is 0 Å². The van der Waals surface area contributed by atoms with E-state index in [-0.39, 0.29) is 11.8 Å². The first-order valence-corrected chi connectivity index (χ1v) is 7.92. The van der Waals surface area contributed by atoms with Crippen molar-refractivity contribution in [3.8, 4) is 0 Å². The molecule has 0 spiro atoms. The normalized spacial score (nSPS) is 13.8. The Morgan fingerprint density at radius 3 is 2.76 bits per heavy atom. The summed E-state index contributed by atoms with van der Waals surface area (Å²) in [6.45, 7) is 5.66. The monoisotopic (exact) mass is 259 g/mol. The number of hydrogen-bond acceptors (Lipinski definition) is 4. The van der Waals surface area contributed by atoms with E-state index in [4.69, 9.17) is 0 Å². The molecule has 0 aliphatic carbocycles. The van der Waals surface area contributed by atoms with Crippen LogP contribution in [0.1, 0.15) is 31.9 Å². The molecule has 1 heterocycles. The summed E-state index contributed by atoms with van der Waals surface area (Å²) in [4.78, 5) is 0. The highest BCUT2D eigenvalue weighted by Gasteiger charge is 2.07. The highest BCUT2D eigenvalue weighted by Crippen LogP contribution is 2.10. The van der Waals surface area contributed by atoms with Gasteiger partial charge in [0.05, 0.1) is 11.9 Å². The van der Waals surface area contributed by atoms with Crippen LogP contribution in [0.5, 0.6) is 0 Å². The van der Waals surface area contributed by atoms with Crippen molar-refractivity contribution >= 4 is 9.84 Å². The average molecular weight is 259 g/mol. The first kappa shape index (κ1) is 14.2. The van der Waals surface area contributed by atoms with Gasteiger partial charge in [-0.05, 0) is 26.8 Å². The summed E-state index contributed by atoms with van der Waals surface area (Å²) in [5.74, 6) is 0.237. The molecule has 1 aromatic rings. The molecule has 0 aliphatic rings. The van der Waals surface area contributed by atoms with Crippen molar-refractivity contribution in [3.63, 3.8) is 0 Å². The zero-order valence-electron chi connectivity index (χ0n) is 10.7. The van der Waals surface area contributed by atoms with Gasteiger partial charge in [0, 0.05) is 30.6 Å². The Morgan fingerprint density at radius 2 is 2.24 bits per heavy atom. The van der Waals surface area contributed by atoms with Crippen molar-refractivity contribution in [2.75, 3.05) is 18.6 Å². The van der Waals surface area contributed by atoms with E-state index in [1.807, 2.05) is 24.0 Å².